The van der Waals surface area contributed by atoms with Crippen LogP contribution in [-0.4, -0.2) is 56.7 Å². The van der Waals surface area contributed by atoms with Crippen molar-refractivity contribution in [3.63, 3.8) is 0 Å². The van der Waals surface area contributed by atoms with Crippen LogP contribution in [0.1, 0.15) is 45.1 Å². The molecule has 0 amide bonds. The Morgan fingerprint density at radius 3 is 2.64 bits per heavy atom. The molecular formula is C22H33N3O3. The number of benzene rings is 1. The van der Waals surface area contributed by atoms with Gasteiger partial charge in [-0.05, 0) is 57.2 Å². The van der Waals surface area contributed by atoms with Crippen LogP contribution in [0.2, 0.25) is 0 Å². The number of guanidine groups is 1. The molecule has 0 radical (unpaired) electrons. The van der Waals surface area contributed by atoms with Crippen molar-refractivity contribution in [1.82, 2.24) is 10.2 Å². The summed E-state index contributed by atoms with van der Waals surface area (Å²) in [4.78, 5) is 19.4. The van der Waals surface area contributed by atoms with E-state index < -0.39 is 0 Å². The maximum Gasteiger partial charge on any atom is 0.310 e. The first-order chi connectivity index (χ1) is 13.6. The molecule has 0 unspecified atom stereocenters. The third kappa shape index (κ3) is 4.78. The number of carbonyl (C=O) groups excluding carboxylic acids is 1. The molecule has 1 aromatic rings. The summed E-state index contributed by atoms with van der Waals surface area (Å²) < 4.78 is 10.5. The van der Waals surface area contributed by atoms with Crippen molar-refractivity contribution in [2.75, 3.05) is 39.9 Å². The fourth-order valence-corrected chi connectivity index (χ4v) is 3.91. The largest absolute Gasteiger partial charge is 0.497 e. The maximum atomic E-state index is 12.2. The predicted octanol–water partition coefficient (Wildman–Crippen LogP) is 2.97. The summed E-state index contributed by atoms with van der Waals surface area (Å²) in [7, 11) is 1.69. The maximum absolute atomic E-state index is 12.2. The quantitative estimate of drug-likeness (QED) is 0.443. The number of methoxy groups -OCH3 is 1. The summed E-state index contributed by atoms with van der Waals surface area (Å²) in [5, 5.41) is 3.42. The first kappa shape index (κ1) is 20.5. The molecule has 0 bridgehead atoms. The molecule has 2 fully saturated rings. The second-order valence-corrected chi connectivity index (χ2v) is 7.72. The van der Waals surface area contributed by atoms with Gasteiger partial charge >= 0.3 is 5.97 Å². The third-order valence-corrected chi connectivity index (χ3v) is 5.76. The fourth-order valence-electron chi connectivity index (χ4n) is 3.91. The number of piperidine rings is 1. The number of esters is 1. The van der Waals surface area contributed by atoms with Gasteiger partial charge in [-0.2, -0.15) is 0 Å². The van der Waals surface area contributed by atoms with Crippen molar-refractivity contribution >= 4 is 11.9 Å². The molecule has 1 aliphatic carbocycles. The minimum Gasteiger partial charge on any atom is -0.497 e. The Morgan fingerprint density at radius 1 is 1.29 bits per heavy atom. The zero-order valence-electron chi connectivity index (χ0n) is 17.4. The molecule has 28 heavy (non-hydrogen) atoms. The molecular weight excluding hydrogens is 354 g/mol. The lowest BCUT2D eigenvalue weighted by Crippen LogP contribution is -2.48. The fraction of sp³-hybridized carbons (Fsp3) is 0.636. The van der Waals surface area contributed by atoms with Crippen LogP contribution >= 0.6 is 0 Å². The molecule has 154 valence electrons. The Bertz CT molecular complexity index is 683. The topological polar surface area (TPSA) is 63.2 Å². The van der Waals surface area contributed by atoms with Crippen LogP contribution in [0.3, 0.4) is 0 Å². The summed E-state index contributed by atoms with van der Waals surface area (Å²) in [6.45, 7) is 7.57. The van der Waals surface area contributed by atoms with E-state index in [0.29, 0.717) is 13.2 Å². The van der Waals surface area contributed by atoms with Crippen LogP contribution in [0.5, 0.6) is 5.75 Å². The van der Waals surface area contributed by atoms with Gasteiger partial charge in [0.2, 0.25) is 0 Å². The van der Waals surface area contributed by atoms with Gasteiger partial charge in [-0.1, -0.05) is 12.1 Å². The smallest absolute Gasteiger partial charge is 0.310 e. The summed E-state index contributed by atoms with van der Waals surface area (Å²) >= 11 is 0. The van der Waals surface area contributed by atoms with Gasteiger partial charge in [-0.3, -0.25) is 9.79 Å². The number of ether oxygens (including phenoxy) is 2. The number of nitrogens with one attached hydrogen (secondary N) is 1. The van der Waals surface area contributed by atoms with E-state index in [9.17, 15) is 4.79 Å². The summed E-state index contributed by atoms with van der Waals surface area (Å²) in [5.41, 5.74) is 1.47. The van der Waals surface area contributed by atoms with E-state index in [1.165, 1.54) is 5.56 Å². The van der Waals surface area contributed by atoms with E-state index in [-0.39, 0.29) is 17.3 Å². The predicted molar refractivity (Wildman–Crippen MR) is 111 cm³/mol. The average Bonchev–Trinajstić information content (AvgIpc) is 3.52. The highest BCUT2D eigenvalue weighted by atomic mass is 16.5. The number of nitrogens with zero attached hydrogens (tertiary/aromatic N) is 2. The van der Waals surface area contributed by atoms with Crippen LogP contribution < -0.4 is 10.1 Å². The minimum absolute atomic E-state index is 0.0611. The highest BCUT2D eigenvalue weighted by Crippen LogP contribution is 2.48. The van der Waals surface area contributed by atoms with Crippen molar-refractivity contribution in [3.05, 3.63) is 29.8 Å². The molecule has 1 saturated heterocycles. The molecule has 0 aromatic heterocycles. The van der Waals surface area contributed by atoms with Crippen LogP contribution in [-0.2, 0) is 14.9 Å². The molecule has 0 spiro atoms. The molecule has 3 rings (SSSR count). The SMILES string of the molecule is CCNC(=NCC1(c2ccc(OC)cc2)CC1)N1CCC[C@H](C(=O)OCC)C1. The van der Waals surface area contributed by atoms with E-state index in [4.69, 9.17) is 14.5 Å². The Hall–Kier alpha value is -2.24. The number of aliphatic imine (C=N–C) groups is 1. The molecule has 6 heteroatoms. The number of rotatable bonds is 7. The standard InChI is InChI=1S/C22H33N3O3/c1-4-23-21(25-14-6-7-17(15-25)20(26)28-5-2)24-16-22(12-13-22)18-8-10-19(27-3)11-9-18/h8-11,17H,4-7,12-16H2,1-3H3,(H,23,24)/t17-/m0/s1. The first-order valence-corrected chi connectivity index (χ1v) is 10.5. The number of likely N-dealkylation sites (tertiary alicyclic amines) is 1. The van der Waals surface area contributed by atoms with Gasteiger partial charge in [0.15, 0.2) is 5.96 Å². The second-order valence-electron chi connectivity index (χ2n) is 7.72. The monoisotopic (exact) mass is 387 g/mol. The molecule has 2 aliphatic rings. The van der Waals surface area contributed by atoms with E-state index >= 15 is 0 Å². The van der Waals surface area contributed by atoms with E-state index in [1.54, 1.807) is 7.11 Å². The van der Waals surface area contributed by atoms with Crippen molar-refractivity contribution < 1.29 is 14.3 Å². The van der Waals surface area contributed by atoms with Crippen molar-refractivity contribution in [1.29, 1.82) is 0 Å². The van der Waals surface area contributed by atoms with Gasteiger partial charge < -0.3 is 19.7 Å². The molecule has 1 heterocycles. The van der Waals surface area contributed by atoms with Crippen LogP contribution in [0, 0.1) is 5.92 Å². The molecule has 1 N–H and O–H groups in total. The van der Waals surface area contributed by atoms with E-state index in [2.05, 4.69) is 29.3 Å². The van der Waals surface area contributed by atoms with Crippen molar-refractivity contribution in [3.8, 4) is 5.75 Å². The van der Waals surface area contributed by atoms with Gasteiger partial charge in [0.25, 0.3) is 0 Å². The lowest BCUT2D eigenvalue weighted by Gasteiger charge is -2.34. The van der Waals surface area contributed by atoms with E-state index in [1.807, 2.05) is 19.1 Å². The molecule has 1 atom stereocenters. The average molecular weight is 388 g/mol. The highest BCUT2D eigenvalue weighted by molar-refractivity contribution is 5.81. The van der Waals surface area contributed by atoms with Gasteiger partial charge in [-0.15, -0.1) is 0 Å². The summed E-state index contributed by atoms with van der Waals surface area (Å²) in [6, 6.07) is 8.37. The Balaban J connectivity index is 1.69. The zero-order valence-corrected chi connectivity index (χ0v) is 17.4. The highest BCUT2D eigenvalue weighted by Gasteiger charge is 2.44. The minimum atomic E-state index is -0.0834. The third-order valence-electron chi connectivity index (χ3n) is 5.76. The Kier molecular flexibility index (Phi) is 6.81. The number of carbonyl (C=O) groups is 1. The lowest BCUT2D eigenvalue weighted by atomic mass is 9.96. The van der Waals surface area contributed by atoms with E-state index in [0.717, 1.165) is 57.0 Å². The van der Waals surface area contributed by atoms with Crippen LogP contribution in [0.15, 0.2) is 29.3 Å². The zero-order chi connectivity index (χ0) is 20.0. The van der Waals surface area contributed by atoms with Crippen LogP contribution in [0.25, 0.3) is 0 Å². The van der Waals surface area contributed by atoms with Crippen molar-refractivity contribution in [2.24, 2.45) is 10.9 Å². The molecule has 1 aromatic carbocycles. The molecule has 1 saturated carbocycles. The van der Waals surface area contributed by atoms with Gasteiger partial charge in [0, 0.05) is 25.0 Å². The van der Waals surface area contributed by atoms with Crippen molar-refractivity contribution in [2.45, 2.75) is 44.9 Å². The van der Waals surface area contributed by atoms with Gasteiger partial charge in [0.05, 0.1) is 26.2 Å². The normalized spacial score (nSPS) is 21.2. The lowest BCUT2D eigenvalue weighted by molar-refractivity contribution is -0.149. The van der Waals surface area contributed by atoms with Crippen LogP contribution in [0.4, 0.5) is 0 Å². The summed E-state index contributed by atoms with van der Waals surface area (Å²) in [6.07, 6.45) is 4.20. The Morgan fingerprint density at radius 2 is 2.04 bits per heavy atom. The van der Waals surface area contributed by atoms with Gasteiger partial charge in [0.1, 0.15) is 5.75 Å². The first-order valence-electron chi connectivity index (χ1n) is 10.5. The molecule has 6 nitrogen and oxygen atoms in total. The number of hydrogen-bond acceptors (Lipinski definition) is 4. The van der Waals surface area contributed by atoms with Gasteiger partial charge in [-0.25, -0.2) is 0 Å². The Labute approximate surface area is 168 Å². The second kappa shape index (κ2) is 9.30. The number of hydrogen-bond donors (Lipinski definition) is 1. The molecule has 1 aliphatic heterocycles. The summed E-state index contributed by atoms with van der Waals surface area (Å²) in [5.74, 6) is 1.65.